The van der Waals surface area contributed by atoms with Crippen molar-refractivity contribution in [2.45, 2.75) is 32.1 Å². The number of nitrogens with one attached hydrogen (secondary N) is 1. The molecule has 0 bridgehead atoms. The van der Waals surface area contributed by atoms with E-state index in [-0.39, 0.29) is 17.5 Å². The average Bonchev–Trinajstić information content (AvgIpc) is 3.57. The summed E-state index contributed by atoms with van der Waals surface area (Å²) in [5, 5.41) is 17.5. The minimum atomic E-state index is -4.20. The summed E-state index contributed by atoms with van der Waals surface area (Å²) in [5.41, 5.74) is 0.449. The van der Waals surface area contributed by atoms with E-state index in [0.717, 1.165) is 0 Å². The number of oxazole rings is 1. The summed E-state index contributed by atoms with van der Waals surface area (Å²) in [5.74, 6) is 2.08. The largest absolute Gasteiger partial charge is 0.494 e. The summed E-state index contributed by atoms with van der Waals surface area (Å²) in [6.45, 7) is 4.71. The highest BCUT2D eigenvalue weighted by Gasteiger charge is 2.34. The molecule has 4 aromatic rings. The SMILES string of the molecule is COc1cccc(OC)c1-n1c(NS(=O)(=O)[C@@H](C)[C@H](O)c2coc(C)n2)nnc1-c1ccc(C)o1. The molecule has 12 nitrogen and oxygen atoms in total. The van der Waals surface area contributed by atoms with E-state index >= 15 is 0 Å². The second-order valence-electron chi connectivity index (χ2n) is 7.69. The second-order valence-corrected chi connectivity index (χ2v) is 9.73. The number of ether oxygens (including phenoxy) is 2. The lowest BCUT2D eigenvalue weighted by Gasteiger charge is -2.20. The molecule has 2 N–H and O–H groups in total. The van der Waals surface area contributed by atoms with Crippen LogP contribution in [0.3, 0.4) is 0 Å². The fourth-order valence-electron chi connectivity index (χ4n) is 3.47. The minimum Gasteiger partial charge on any atom is -0.494 e. The van der Waals surface area contributed by atoms with Crippen molar-refractivity contribution in [3.8, 4) is 28.8 Å². The molecule has 0 aliphatic heterocycles. The van der Waals surface area contributed by atoms with Gasteiger partial charge >= 0.3 is 0 Å². The number of aryl methyl sites for hydroxylation is 2. The van der Waals surface area contributed by atoms with Crippen molar-refractivity contribution in [1.82, 2.24) is 19.7 Å². The van der Waals surface area contributed by atoms with Gasteiger partial charge in [-0.05, 0) is 38.1 Å². The van der Waals surface area contributed by atoms with Crippen molar-refractivity contribution in [3.05, 3.63) is 53.9 Å². The number of rotatable bonds is 9. The first-order chi connectivity index (χ1) is 16.7. The standard InChI is InChI=1S/C22H25N5O7S/c1-12-9-10-18(34-12)21-24-25-22(27(21)19-16(31-4)7-6-8-17(19)32-5)26-35(29,30)13(2)20(28)15-11-33-14(3)23-15/h6-11,13,20,28H,1-5H3,(H,25,26)/t13-,20-/m0/s1. The van der Waals surface area contributed by atoms with E-state index in [1.54, 1.807) is 44.2 Å². The summed E-state index contributed by atoms with van der Waals surface area (Å²) in [4.78, 5) is 4.02. The Morgan fingerprint density at radius 3 is 2.31 bits per heavy atom. The lowest BCUT2D eigenvalue weighted by molar-refractivity contribution is 0.171. The number of hydrogen-bond acceptors (Lipinski definition) is 10. The smallest absolute Gasteiger partial charge is 0.243 e. The highest BCUT2D eigenvalue weighted by Crippen LogP contribution is 2.38. The van der Waals surface area contributed by atoms with Gasteiger partial charge < -0.3 is 23.4 Å². The van der Waals surface area contributed by atoms with Gasteiger partial charge in [-0.25, -0.2) is 13.4 Å². The highest BCUT2D eigenvalue weighted by atomic mass is 32.2. The molecule has 3 aromatic heterocycles. The molecular formula is C22H25N5O7S. The monoisotopic (exact) mass is 503 g/mol. The highest BCUT2D eigenvalue weighted by molar-refractivity contribution is 7.93. The van der Waals surface area contributed by atoms with Crippen molar-refractivity contribution >= 4 is 16.0 Å². The first-order valence-corrected chi connectivity index (χ1v) is 12.1. The molecule has 0 fully saturated rings. The third kappa shape index (κ3) is 4.59. The van der Waals surface area contributed by atoms with E-state index in [1.165, 1.54) is 32.0 Å². The Balaban J connectivity index is 1.83. The topological polar surface area (TPSA) is 155 Å². The summed E-state index contributed by atoms with van der Waals surface area (Å²) in [6, 6.07) is 8.54. The molecule has 0 aliphatic rings. The molecule has 4 rings (SSSR count). The minimum absolute atomic E-state index is 0.0972. The molecule has 0 saturated heterocycles. The zero-order valence-corrected chi connectivity index (χ0v) is 20.5. The molecule has 0 saturated carbocycles. The van der Waals surface area contributed by atoms with Crippen LogP contribution in [0.4, 0.5) is 5.95 Å². The second kappa shape index (κ2) is 9.43. The maximum atomic E-state index is 13.3. The number of anilines is 1. The van der Waals surface area contributed by atoms with Crippen LogP contribution in [0.25, 0.3) is 17.3 Å². The van der Waals surface area contributed by atoms with Crippen LogP contribution in [0.5, 0.6) is 11.5 Å². The lowest BCUT2D eigenvalue weighted by Crippen LogP contribution is -2.32. The van der Waals surface area contributed by atoms with Gasteiger partial charge in [0.1, 0.15) is 46.3 Å². The molecule has 0 spiro atoms. The first-order valence-electron chi connectivity index (χ1n) is 10.5. The van der Waals surface area contributed by atoms with Gasteiger partial charge in [-0.1, -0.05) is 6.07 Å². The molecule has 3 heterocycles. The van der Waals surface area contributed by atoms with Gasteiger partial charge in [0.15, 0.2) is 11.7 Å². The van der Waals surface area contributed by atoms with Crippen molar-refractivity contribution in [3.63, 3.8) is 0 Å². The average molecular weight is 504 g/mol. The molecule has 13 heteroatoms. The van der Waals surface area contributed by atoms with Gasteiger partial charge in [-0.15, -0.1) is 10.2 Å². The normalized spacial score (nSPS) is 13.4. The number of aliphatic hydroxyl groups is 1. The van der Waals surface area contributed by atoms with Gasteiger partial charge in [0.2, 0.25) is 21.8 Å². The molecule has 0 unspecified atom stereocenters. The van der Waals surface area contributed by atoms with Crippen LogP contribution in [-0.4, -0.2) is 52.7 Å². The Labute approximate surface area is 201 Å². The number of furan rings is 1. The fourth-order valence-corrected chi connectivity index (χ4v) is 4.53. The van der Waals surface area contributed by atoms with Crippen LogP contribution < -0.4 is 14.2 Å². The summed E-state index contributed by atoms with van der Waals surface area (Å²) in [6.07, 6.45) is -0.236. The molecular weight excluding hydrogens is 478 g/mol. The van der Waals surface area contributed by atoms with Gasteiger partial charge in [-0.3, -0.25) is 9.29 Å². The van der Waals surface area contributed by atoms with E-state index in [2.05, 4.69) is 19.9 Å². The summed E-state index contributed by atoms with van der Waals surface area (Å²) >= 11 is 0. The predicted octanol–water partition coefficient (Wildman–Crippen LogP) is 3.01. The van der Waals surface area contributed by atoms with Crippen LogP contribution in [0.15, 0.2) is 45.4 Å². The number of aliphatic hydroxyl groups excluding tert-OH is 1. The van der Waals surface area contributed by atoms with Gasteiger partial charge in [-0.2, -0.15) is 0 Å². The Bertz CT molecular complexity index is 1420. The summed E-state index contributed by atoms with van der Waals surface area (Å²) in [7, 11) is -1.25. The Morgan fingerprint density at radius 2 is 1.77 bits per heavy atom. The number of benzene rings is 1. The number of nitrogens with zero attached hydrogens (tertiary/aromatic N) is 4. The molecule has 0 amide bonds. The van der Waals surface area contributed by atoms with Gasteiger partial charge in [0, 0.05) is 6.92 Å². The lowest BCUT2D eigenvalue weighted by atomic mass is 10.2. The number of para-hydroxylation sites is 1. The maximum Gasteiger partial charge on any atom is 0.243 e. The van der Waals surface area contributed by atoms with Gasteiger partial charge in [0.25, 0.3) is 0 Å². The van der Waals surface area contributed by atoms with Crippen molar-refractivity contribution in [1.29, 1.82) is 0 Å². The van der Waals surface area contributed by atoms with Crippen LogP contribution in [0, 0.1) is 13.8 Å². The van der Waals surface area contributed by atoms with Crippen LogP contribution >= 0.6 is 0 Å². The van der Waals surface area contributed by atoms with Crippen molar-refractivity contribution in [2.75, 3.05) is 18.9 Å². The van der Waals surface area contributed by atoms with E-state index in [1.807, 2.05) is 0 Å². The Kier molecular flexibility index (Phi) is 6.54. The number of methoxy groups -OCH3 is 2. The number of hydrogen-bond donors (Lipinski definition) is 2. The zero-order chi connectivity index (χ0) is 25.3. The van der Waals surface area contributed by atoms with E-state index < -0.39 is 21.4 Å². The third-order valence-electron chi connectivity index (χ3n) is 5.36. The van der Waals surface area contributed by atoms with E-state index in [9.17, 15) is 13.5 Å². The predicted molar refractivity (Wildman–Crippen MR) is 125 cm³/mol. The molecule has 186 valence electrons. The summed E-state index contributed by atoms with van der Waals surface area (Å²) < 4.78 is 52.2. The van der Waals surface area contributed by atoms with E-state index in [4.69, 9.17) is 18.3 Å². The van der Waals surface area contributed by atoms with E-state index in [0.29, 0.717) is 34.6 Å². The molecule has 0 aliphatic carbocycles. The number of aromatic nitrogens is 4. The van der Waals surface area contributed by atoms with Crippen LogP contribution in [-0.2, 0) is 10.0 Å². The number of sulfonamides is 1. The molecule has 1 aromatic carbocycles. The Morgan fingerprint density at radius 1 is 1.09 bits per heavy atom. The third-order valence-corrected chi connectivity index (χ3v) is 7.06. The maximum absolute atomic E-state index is 13.3. The van der Waals surface area contributed by atoms with Crippen molar-refractivity contribution < 1.29 is 31.8 Å². The van der Waals surface area contributed by atoms with Crippen LogP contribution in [0.2, 0.25) is 0 Å². The molecule has 2 atom stereocenters. The first kappa shape index (κ1) is 24.3. The zero-order valence-electron chi connectivity index (χ0n) is 19.7. The quantitative estimate of drug-likeness (QED) is 0.348. The van der Waals surface area contributed by atoms with Gasteiger partial charge in [0.05, 0.1) is 14.2 Å². The fraction of sp³-hybridized carbons (Fsp3) is 0.318. The molecule has 0 radical (unpaired) electrons. The van der Waals surface area contributed by atoms with Crippen molar-refractivity contribution in [2.24, 2.45) is 0 Å². The Hall–Kier alpha value is -3.84. The molecule has 35 heavy (non-hydrogen) atoms. The van der Waals surface area contributed by atoms with Crippen LogP contribution in [0.1, 0.15) is 30.4 Å².